The number of aryl methyl sites for hydroxylation is 2. The Morgan fingerprint density at radius 1 is 1.15 bits per heavy atom. The Kier molecular flexibility index (Phi) is 4.39. The first-order valence-corrected chi connectivity index (χ1v) is 8.99. The maximum atomic E-state index is 13.1. The van der Waals surface area contributed by atoms with Gasteiger partial charge in [0.25, 0.3) is 11.7 Å². The maximum Gasteiger partial charge on any atom is 0.292 e. The summed E-state index contributed by atoms with van der Waals surface area (Å²) in [4.78, 5) is 14.9. The molecule has 2 aliphatic heterocycles. The minimum Gasteiger partial charge on any atom is -0.492 e. The highest BCUT2D eigenvalue weighted by molar-refractivity contribution is 6.30. The zero-order valence-corrected chi connectivity index (χ0v) is 15.5. The lowest BCUT2D eigenvalue weighted by Crippen LogP contribution is -2.42. The van der Waals surface area contributed by atoms with E-state index in [-0.39, 0.29) is 5.91 Å². The maximum absolute atomic E-state index is 13.1. The first kappa shape index (κ1) is 17.3. The summed E-state index contributed by atoms with van der Waals surface area (Å²) in [7, 11) is 0. The van der Waals surface area contributed by atoms with Gasteiger partial charge in [0.2, 0.25) is 0 Å². The van der Waals surface area contributed by atoms with Crippen molar-refractivity contribution in [1.29, 1.82) is 0 Å². The Bertz CT molecular complexity index is 844. The minimum atomic E-state index is -1.30. The lowest BCUT2D eigenvalue weighted by atomic mass is 10.0. The number of nitrogens with zero attached hydrogens (tertiary/aromatic N) is 1. The molecule has 1 saturated heterocycles. The Labute approximate surface area is 157 Å². The molecule has 1 spiro atoms. The van der Waals surface area contributed by atoms with Crippen LogP contribution in [0.1, 0.15) is 16.7 Å². The normalized spacial score (nSPS) is 17.8. The fourth-order valence-electron chi connectivity index (χ4n) is 3.65. The molecule has 6 heteroatoms. The second kappa shape index (κ2) is 6.58. The summed E-state index contributed by atoms with van der Waals surface area (Å²) in [6.07, 6.45) is 0. The summed E-state index contributed by atoms with van der Waals surface area (Å²) < 4.78 is 17.3. The van der Waals surface area contributed by atoms with Crippen LogP contribution in [0.4, 0.5) is 5.69 Å². The van der Waals surface area contributed by atoms with Gasteiger partial charge in [0, 0.05) is 10.6 Å². The van der Waals surface area contributed by atoms with Crippen LogP contribution in [-0.4, -0.2) is 32.3 Å². The monoisotopic (exact) mass is 373 g/mol. The molecule has 2 aliphatic rings. The zero-order valence-electron chi connectivity index (χ0n) is 14.8. The number of rotatable bonds is 4. The molecule has 0 radical (unpaired) electrons. The number of fused-ring (bicyclic) bond motifs is 2. The Hall–Kier alpha value is -2.08. The number of carbonyl (C=O) groups excluding carboxylic acids is 1. The van der Waals surface area contributed by atoms with Crippen LogP contribution >= 0.6 is 11.6 Å². The third-order valence-corrected chi connectivity index (χ3v) is 4.94. The highest BCUT2D eigenvalue weighted by Gasteiger charge is 2.56. The summed E-state index contributed by atoms with van der Waals surface area (Å²) >= 11 is 5.89. The van der Waals surface area contributed by atoms with Crippen molar-refractivity contribution in [2.75, 3.05) is 31.3 Å². The average Bonchev–Trinajstić information content (AvgIpc) is 3.18. The standard InChI is InChI=1S/C20H20ClNO4/c1-13-11-14(2)18-17(12-13)20(25-9-10-26-20)19(23)22(18)7-8-24-16-5-3-15(21)4-6-16/h3-6,11-12H,7-10H2,1-2H3. The van der Waals surface area contributed by atoms with E-state index < -0.39 is 5.79 Å². The fourth-order valence-corrected chi connectivity index (χ4v) is 3.78. The van der Waals surface area contributed by atoms with Gasteiger partial charge in [-0.15, -0.1) is 0 Å². The van der Waals surface area contributed by atoms with E-state index in [1.807, 2.05) is 19.9 Å². The van der Waals surface area contributed by atoms with Gasteiger partial charge in [0.05, 0.1) is 25.4 Å². The fraction of sp³-hybridized carbons (Fsp3) is 0.350. The van der Waals surface area contributed by atoms with Crippen molar-refractivity contribution in [3.05, 3.63) is 58.1 Å². The number of amides is 1. The summed E-state index contributed by atoms with van der Waals surface area (Å²) in [6.45, 7) is 5.59. The van der Waals surface area contributed by atoms with Crippen molar-refractivity contribution in [3.8, 4) is 5.75 Å². The van der Waals surface area contributed by atoms with Crippen molar-refractivity contribution < 1.29 is 19.0 Å². The van der Waals surface area contributed by atoms with E-state index in [0.29, 0.717) is 37.1 Å². The van der Waals surface area contributed by atoms with E-state index in [9.17, 15) is 4.79 Å². The number of benzene rings is 2. The lowest BCUT2D eigenvalue weighted by Gasteiger charge is -2.22. The predicted molar refractivity (Wildman–Crippen MR) is 98.8 cm³/mol. The van der Waals surface area contributed by atoms with E-state index in [1.54, 1.807) is 29.2 Å². The van der Waals surface area contributed by atoms with Crippen molar-refractivity contribution in [1.82, 2.24) is 0 Å². The van der Waals surface area contributed by atoms with Gasteiger partial charge < -0.3 is 19.1 Å². The summed E-state index contributed by atoms with van der Waals surface area (Å²) in [5.41, 5.74) is 3.76. The Morgan fingerprint density at radius 3 is 2.54 bits per heavy atom. The Balaban J connectivity index is 1.59. The highest BCUT2D eigenvalue weighted by Crippen LogP contribution is 2.47. The number of anilines is 1. The molecule has 26 heavy (non-hydrogen) atoms. The molecule has 2 aromatic carbocycles. The quantitative estimate of drug-likeness (QED) is 0.821. The number of hydrogen-bond acceptors (Lipinski definition) is 4. The zero-order chi connectivity index (χ0) is 18.3. The lowest BCUT2D eigenvalue weighted by molar-refractivity contribution is -0.180. The van der Waals surface area contributed by atoms with Crippen LogP contribution in [0.2, 0.25) is 5.02 Å². The minimum absolute atomic E-state index is 0.182. The second-order valence-electron chi connectivity index (χ2n) is 6.55. The summed E-state index contributed by atoms with van der Waals surface area (Å²) in [5, 5.41) is 0.657. The van der Waals surface area contributed by atoms with Gasteiger partial charge >= 0.3 is 0 Å². The molecule has 5 nitrogen and oxygen atoms in total. The van der Waals surface area contributed by atoms with Gasteiger partial charge in [0.15, 0.2) is 0 Å². The van der Waals surface area contributed by atoms with Crippen LogP contribution in [0.15, 0.2) is 36.4 Å². The molecule has 2 heterocycles. The van der Waals surface area contributed by atoms with E-state index in [0.717, 1.165) is 22.4 Å². The van der Waals surface area contributed by atoms with Gasteiger partial charge in [-0.3, -0.25) is 4.79 Å². The molecule has 136 valence electrons. The van der Waals surface area contributed by atoms with Gasteiger partial charge in [-0.1, -0.05) is 23.2 Å². The number of halogens is 1. The molecule has 0 atom stereocenters. The molecule has 1 fully saturated rings. The highest BCUT2D eigenvalue weighted by atomic mass is 35.5. The van der Waals surface area contributed by atoms with Gasteiger partial charge in [-0.2, -0.15) is 0 Å². The molecule has 0 N–H and O–H groups in total. The second-order valence-corrected chi connectivity index (χ2v) is 6.99. The molecule has 0 aliphatic carbocycles. The van der Waals surface area contributed by atoms with Crippen molar-refractivity contribution in [2.24, 2.45) is 0 Å². The van der Waals surface area contributed by atoms with Crippen molar-refractivity contribution in [3.63, 3.8) is 0 Å². The van der Waals surface area contributed by atoms with E-state index in [4.69, 9.17) is 25.8 Å². The molecule has 0 aromatic heterocycles. The first-order chi connectivity index (χ1) is 12.5. The van der Waals surface area contributed by atoms with Crippen LogP contribution in [0.3, 0.4) is 0 Å². The summed E-state index contributed by atoms with van der Waals surface area (Å²) in [5.74, 6) is -0.768. The van der Waals surface area contributed by atoms with Crippen LogP contribution in [-0.2, 0) is 20.1 Å². The molecule has 2 aromatic rings. The van der Waals surface area contributed by atoms with Gasteiger partial charge in [0.1, 0.15) is 12.4 Å². The van der Waals surface area contributed by atoms with Crippen molar-refractivity contribution in [2.45, 2.75) is 19.6 Å². The summed E-state index contributed by atoms with van der Waals surface area (Å²) in [6, 6.07) is 11.2. The van der Waals surface area contributed by atoms with Crippen LogP contribution in [0.5, 0.6) is 5.75 Å². The first-order valence-electron chi connectivity index (χ1n) is 8.61. The molecule has 4 rings (SSSR count). The largest absolute Gasteiger partial charge is 0.492 e. The average molecular weight is 374 g/mol. The molecule has 0 unspecified atom stereocenters. The number of ether oxygens (including phenoxy) is 3. The molecular weight excluding hydrogens is 354 g/mol. The molecule has 1 amide bonds. The Morgan fingerprint density at radius 2 is 1.85 bits per heavy atom. The van der Waals surface area contributed by atoms with E-state index >= 15 is 0 Å². The predicted octanol–water partition coefficient (Wildman–Crippen LogP) is 3.58. The van der Waals surface area contributed by atoms with E-state index in [1.165, 1.54) is 0 Å². The third kappa shape index (κ3) is 2.76. The smallest absolute Gasteiger partial charge is 0.292 e. The topological polar surface area (TPSA) is 48.0 Å². The van der Waals surface area contributed by atoms with Gasteiger partial charge in [-0.05, 0) is 49.7 Å². The van der Waals surface area contributed by atoms with Crippen LogP contribution in [0, 0.1) is 13.8 Å². The number of carbonyl (C=O) groups is 1. The van der Waals surface area contributed by atoms with Crippen molar-refractivity contribution >= 4 is 23.2 Å². The van der Waals surface area contributed by atoms with Crippen LogP contribution < -0.4 is 9.64 Å². The van der Waals surface area contributed by atoms with Crippen LogP contribution in [0.25, 0.3) is 0 Å². The molecule has 0 bridgehead atoms. The van der Waals surface area contributed by atoms with E-state index in [2.05, 4.69) is 6.07 Å². The number of hydrogen-bond donors (Lipinski definition) is 0. The molecular formula is C20H20ClNO4. The molecule has 0 saturated carbocycles. The third-order valence-electron chi connectivity index (χ3n) is 4.69. The SMILES string of the molecule is Cc1cc(C)c2c(c1)C1(OCCO1)C(=O)N2CCOc1ccc(Cl)cc1. The van der Waals surface area contributed by atoms with Gasteiger partial charge in [-0.25, -0.2) is 0 Å².